The number of methoxy groups -OCH3 is 2. The van der Waals surface area contributed by atoms with Gasteiger partial charge in [-0.05, 0) is 30.5 Å². The summed E-state index contributed by atoms with van der Waals surface area (Å²) in [5.74, 6) is 2.23. The number of nitrogens with one attached hydrogen (secondary N) is 3. The van der Waals surface area contributed by atoms with Crippen LogP contribution in [-0.2, 0) is 11.3 Å². The third kappa shape index (κ3) is 6.92. The van der Waals surface area contributed by atoms with E-state index in [2.05, 4.69) is 25.8 Å². The highest BCUT2D eigenvalue weighted by atomic mass is 16.5. The summed E-state index contributed by atoms with van der Waals surface area (Å²) in [4.78, 5) is 18.3. The molecule has 8 heteroatoms. The van der Waals surface area contributed by atoms with Gasteiger partial charge in [0.1, 0.15) is 11.5 Å². The first-order valence-corrected chi connectivity index (χ1v) is 9.76. The molecule has 0 radical (unpaired) electrons. The topological polar surface area (TPSA) is 87.2 Å². The maximum absolute atomic E-state index is 11.7. The molecule has 1 aliphatic rings. The highest BCUT2D eigenvalue weighted by molar-refractivity contribution is 5.86. The number of aliphatic imine (C=N–C) groups is 1. The van der Waals surface area contributed by atoms with Gasteiger partial charge in [0.2, 0.25) is 5.91 Å². The summed E-state index contributed by atoms with van der Waals surface area (Å²) in [6.45, 7) is 5.67. The van der Waals surface area contributed by atoms with Gasteiger partial charge in [-0.3, -0.25) is 14.7 Å². The van der Waals surface area contributed by atoms with Gasteiger partial charge in [-0.25, -0.2) is 0 Å². The number of hydrogen-bond acceptors (Lipinski definition) is 5. The number of amides is 1. The van der Waals surface area contributed by atoms with Crippen molar-refractivity contribution in [2.24, 2.45) is 4.99 Å². The van der Waals surface area contributed by atoms with Gasteiger partial charge in [-0.1, -0.05) is 6.92 Å². The minimum Gasteiger partial charge on any atom is -0.497 e. The van der Waals surface area contributed by atoms with Gasteiger partial charge in [-0.15, -0.1) is 0 Å². The molecule has 1 saturated heterocycles. The molecule has 0 spiro atoms. The van der Waals surface area contributed by atoms with Crippen LogP contribution in [0.3, 0.4) is 0 Å². The molecule has 8 nitrogen and oxygen atoms in total. The average molecular weight is 392 g/mol. The van der Waals surface area contributed by atoms with Gasteiger partial charge in [0, 0.05) is 45.3 Å². The number of likely N-dealkylation sites (tertiary alicyclic amines) is 1. The molecule has 28 heavy (non-hydrogen) atoms. The summed E-state index contributed by atoms with van der Waals surface area (Å²) in [5, 5.41) is 9.33. The zero-order valence-corrected chi connectivity index (χ0v) is 17.4. The van der Waals surface area contributed by atoms with Crippen molar-refractivity contribution in [3.63, 3.8) is 0 Å². The SMILES string of the molecule is CCCNC(=O)CNC(=NC)NC1CCN(Cc2cc(OC)cc(OC)c2)C1. The van der Waals surface area contributed by atoms with Crippen molar-refractivity contribution in [3.05, 3.63) is 23.8 Å². The minimum absolute atomic E-state index is 0.0233. The van der Waals surface area contributed by atoms with E-state index >= 15 is 0 Å². The predicted molar refractivity (Wildman–Crippen MR) is 111 cm³/mol. The van der Waals surface area contributed by atoms with Crippen LogP contribution in [0.15, 0.2) is 23.2 Å². The van der Waals surface area contributed by atoms with Crippen molar-refractivity contribution in [1.29, 1.82) is 0 Å². The standard InChI is InChI=1S/C20H33N5O3/c1-5-7-22-19(26)12-23-20(21-2)24-16-6-8-25(14-16)13-15-9-17(27-3)11-18(10-15)28-4/h9-11,16H,5-8,12-14H2,1-4H3,(H,22,26)(H2,21,23,24). The van der Waals surface area contributed by atoms with Crippen LogP contribution in [-0.4, -0.2) is 70.3 Å². The smallest absolute Gasteiger partial charge is 0.239 e. The van der Waals surface area contributed by atoms with Crippen molar-refractivity contribution >= 4 is 11.9 Å². The summed E-state index contributed by atoms with van der Waals surface area (Å²) in [6.07, 6.45) is 1.94. The number of carbonyl (C=O) groups excluding carboxylic acids is 1. The summed E-state index contributed by atoms with van der Waals surface area (Å²) in [6, 6.07) is 6.25. The van der Waals surface area contributed by atoms with Gasteiger partial charge >= 0.3 is 0 Å². The molecule has 0 aliphatic carbocycles. The third-order valence-corrected chi connectivity index (χ3v) is 4.64. The Hall–Kier alpha value is -2.48. The van der Waals surface area contributed by atoms with Crippen molar-refractivity contribution in [3.8, 4) is 11.5 Å². The van der Waals surface area contributed by atoms with Crippen molar-refractivity contribution in [2.45, 2.75) is 32.4 Å². The Balaban J connectivity index is 1.82. The average Bonchev–Trinajstić information content (AvgIpc) is 3.15. The number of hydrogen-bond donors (Lipinski definition) is 3. The Bertz CT molecular complexity index is 643. The van der Waals surface area contributed by atoms with E-state index in [-0.39, 0.29) is 18.5 Å². The molecule has 156 valence electrons. The molecule has 1 amide bonds. The van der Waals surface area contributed by atoms with E-state index in [4.69, 9.17) is 9.47 Å². The van der Waals surface area contributed by atoms with Crippen LogP contribution in [0.1, 0.15) is 25.3 Å². The van der Waals surface area contributed by atoms with Crippen LogP contribution in [0.25, 0.3) is 0 Å². The zero-order chi connectivity index (χ0) is 20.4. The number of ether oxygens (including phenoxy) is 2. The lowest BCUT2D eigenvalue weighted by Gasteiger charge is -2.19. The van der Waals surface area contributed by atoms with E-state index in [0.29, 0.717) is 12.5 Å². The largest absolute Gasteiger partial charge is 0.497 e. The van der Waals surface area contributed by atoms with Gasteiger partial charge < -0.3 is 25.4 Å². The van der Waals surface area contributed by atoms with Crippen molar-refractivity contribution in [2.75, 3.05) is 47.4 Å². The first kappa shape index (κ1) is 21.8. The molecule has 1 unspecified atom stereocenters. The van der Waals surface area contributed by atoms with Crippen molar-refractivity contribution < 1.29 is 14.3 Å². The van der Waals surface area contributed by atoms with E-state index in [0.717, 1.165) is 49.5 Å². The van der Waals surface area contributed by atoms with Crippen LogP contribution in [0.5, 0.6) is 11.5 Å². The molecule has 1 heterocycles. The molecule has 0 bridgehead atoms. The predicted octanol–water partition coefficient (Wildman–Crippen LogP) is 0.969. The number of rotatable bonds is 9. The normalized spacial score (nSPS) is 17.3. The van der Waals surface area contributed by atoms with Crippen LogP contribution >= 0.6 is 0 Å². The molecule has 1 aliphatic heterocycles. The number of carbonyl (C=O) groups is 1. The zero-order valence-electron chi connectivity index (χ0n) is 17.4. The Morgan fingerprint density at radius 3 is 2.54 bits per heavy atom. The number of guanidine groups is 1. The lowest BCUT2D eigenvalue weighted by molar-refractivity contribution is -0.120. The molecular weight excluding hydrogens is 358 g/mol. The first-order valence-electron chi connectivity index (χ1n) is 9.76. The summed E-state index contributed by atoms with van der Waals surface area (Å²) in [7, 11) is 5.04. The summed E-state index contributed by atoms with van der Waals surface area (Å²) < 4.78 is 10.7. The molecule has 0 saturated carbocycles. The van der Waals surface area contributed by atoms with Gasteiger partial charge in [0.15, 0.2) is 5.96 Å². The fourth-order valence-corrected chi connectivity index (χ4v) is 3.19. The molecule has 1 fully saturated rings. The highest BCUT2D eigenvalue weighted by Gasteiger charge is 2.23. The molecule has 2 rings (SSSR count). The fraction of sp³-hybridized carbons (Fsp3) is 0.600. The lowest BCUT2D eigenvalue weighted by Crippen LogP contribution is -2.47. The molecule has 1 aromatic rings. The molecule has 0 aromatic heterocycles. The second kappa shape index (κ2) is 11.4. The van der Waals surface area contributed by atoms with Gasteiger partial charge in [0.05, 0.1) is 20.8 Å². The Morgan fingerprint density at radius 1 is 1.21 bits per heavy atom. The van der Waals surface area contributed by atoms with E-state index in [1.54, 1.807) is 21.3 Å². The molecule has 1 aromatic carbocycles. The third-order valence-electron chi connectivity index (χ3n) is 4.64. The Kier molecular flexibility index (Phi) is 8.87. The monoisotopic (exact) mass is 391 g/mol. The lowest BCUT2D eigenvalue weighted by atomic mass is 10.2. The number of benzene rings is 1. The summed E-state index contributed by atoms with van der Waals surface area (Å²) in [5.41, 5.74) is 1.16. The molecular formula is C20H33N5O3. The van der Waals surface area contributed by atoms with E-state index in [1.165, 1.54) is 0 Å². The van der Waals surface area contributed by atoms with Gasteiger partial charge in [-0.2, -0.15) is 0 Å². The summed E-state index contributed by atoms with van der Waals surface area (Å²) >= 11 is 0. The highest BCUT2D eigenvalue weighted by Crippen LogP contribution is 2.24. The molecule has 1 atom stereocenters. The second-order valence-corrected chi connectivity index (χ2v) is 6.86. The Labute approximate surface area is 167 Å². The van der Waals surface area contributed by atoms with Gasteiger partial charge in [0.25, 0.3) is 0 Å². The van der Waals surface area contributed by atoms with Crippen molar-refractivity contribution in [1.82, 2.24) is 20.9 Å². The van der Waals surface area contributed by atoms with E-state index < -0.39 is 0 Å². The first-order chi connectivity index (χ1) is 13.6. The maximum atomic E-state index is 11.7. The number of nitrogens with zero attached hydrogens (tertiary/aromatic N) is 2. The molecule has 3 N–H and O–H groups in total. The second-order valence-electron chi connectivity index (χ2n) is 6.86. The van der Waals surface area contributed by atoms with E-state index in [9.17, 15) is 4.79 Å². The van der Waals surface area contributed by atoms with Crippen LogP contribution < -0.4 is 25.4 Å². The van der Waals surface area contributed by atoms with E-state index in [1.807, 2.05) is 25.1 Å². The van der Waals surface area contributed by atoms with Crippen LogP contribution in [0, 0.1) is 0 Å². The Morgan fingerprint density at radius 2 is 1.93 bits per heavy atom. The quantitative estimate of drug-likeness (QED) is 0.430. The minimum atomic E-state index is -0.0233. The van der Waals surface area contributed by atoms with Crippen LogP contribution in [0.4, 0.5) is 0 Å². The van der Waals surface area contributed by atoms with Crippen LogP contribution in [0.2, 0.25) is 0 Å². The fourth-order valence-electron chi connectivity index (χ4n) is 3.19. The maximum Gasteiger partial charge on any atom is 0.239 e.